The number of benzene rings is 1. The summed E-state index contributed by atoms with van der Waals surface area (Å²) >= 11 is 0. The van der Waals surface area contributed by atoms with Crippen LogP contribution in [0.5, 0.6) is 0 Å². The minimum atomic E-state index is 0.332. The summed E-state index contributed by atoms with van der Waals surface area (Å²) in [6.07, 6.45) is 7.16. The standard InChI is InChI=1S/C21H30N4O2/c1-3-4-5-6-7-14-26-24-16(2)17-8-10-18(11-9-17)20-23-21(27-25-20)19-12-13-22-15-19/h8-11,19,22H,3-7,12-15H2,1-2H3/t19-/m1/s1. The van der Waals surface area contributed by atoms with Crippen LogP contribution in [0.25, 0.3) is 11.4 Å². The van der Waals surface area contributed by atoms with E-state index in [1.807, 2.05) is 31.2 Å². The number of oxime groups is 1. The van der Waals surface area contributed by atoms with Gasteiger partial charge in [0.2, 0.25) is 11.7 Å². The third-order valence-corrected chi connectivity index (χ3v) is 4.95. The molecule has 0 radical (unpaired) electrons. The Balaban J connectivity index is 1.51. The van der Waals surface area contributed by atoms with E-state index < -0.39 is 0 Å². The van der Waals surface area contributed by atoms with E-state index in [0.717, 1.165) is 48.7 Å². The van der Waals surface area contributed by atoms with Gasteiger partial charge in [-0.15, -0.1) is 0 Å². The first-order chi connectivity index (χ1) is 13.3. The van der Waals surface area contributed by atoms with E-state index in [1.54, 1.807) is 0 Å². The Kier molecular flexibility index (Phi) is 7.39. The molecule has 3 rings (SSSR count). The maximum atomic E-state index is 5.45. The molecular formula is C21H30N4O2. The first kappa shape index (κ1) is 19.5. The Labute approximate surface area is 161 Å². The highest BCUT2D eigenvalue weighted by molar-refractivity contribution is 5.98. The molecule has 0 amide bonds. The highest BCUT2D eigenvalue weighted by atomic mass is 16.6. The molecule has 2 heterocycles. The zero-order valence-electron chi connectivity index (χ0n) is 16.4. The number of hydrogen-bond donors (Lipinski definition) is 1. The van der Waals surface area contributed by atoms with Crippen LogP contribution in [0.4, 0.5) is 0 Å². The quantitative estimate of drug-likeness (QED) is 0.378. The van der Waals surface area contributed by atoms with Gasteiger partial charge >= 0.3 is 0 Å². The van der Waals surface area contributed by atoms with Gasteiger partial charge in [0.05, 0.1) is 11.6 Å². The van der Waals surface area contributed by atoms with Crippen LogP contribution in [0.2, 0.25) is 0 Å². The van der Waals surface area contributed by atoms with E-state index in [-0.39, 0.29) is 0 Å². The second kappa shape index (κ2) is 10.2. The second-order valence-electron chi connectivity index (χ2n) is 7.15. The number of nitrogens with one attached hydrogen (secondary N) is 1. The summed E-state index contributed by atoms with van der Waals surface area (Å²) in [6, 6.07) is 8.04. The lowest BCUT2D eigenvalue weighted by atomic mass is 10.1. The van der Waals surface area contributed by atoms with Crippen LogP contribution in [0.15, 0.2) is 33.9 Å². The van der Waals surface area contributed by atoms with Gasteiger partial charge in [0.25, 0.3) is 0 Å². The fourth-order valence-corrected chi connectivity index (χ4v) is 3.21. The van der Waals surface area contributed by atoms with Crippen molar-refractivity contribution in [1.82, 2.24) is 15.5 Å². The smallest absolute Gasteiger partial charge is 0.231 e. The van der Waals surface area contributed by atoms with Crippen molar-refractivity contribution < 1.29 is 9.36 Å². The van der Waals surface area contributed by atoms with Crippen molar-refractivity contribution in [3.05, 3.63) is 35.7 Å². The molecule has 0 saturated carbocycles. The number of rotatable bonds is 10. The SMILES string of the molecule is CCCCCCCON=C(C)c1ccc(-c2noc([C@@H]3CCNC3)n2)cc1. The molecule has 1 aliphatic heterocycles. The largest absolute Gasteiger partial charge is 0.396 e. The number of nitrogens with zero attached hydrogens (tertiary/aromatic N) is 3. The van der Waals surface area contributed by atoms with Crippen LogP contribution in [0.3, 0.4) is 0 Å². The Hall–Kier alpha value is -2.21. The molecule has 6 nitrogen and oxygen atoms in total. The summed E-state index contributed by atoms with van der Waals surface area (Å²) in [7, 11) is 0. The van der Waals surface area contributed by atoms with Crippen molar-refractivity contribution in [2.45, 2.75) is 58.3 Å². The van der Waals surface area contributed by atoms with Gasteiger partial charge in [-0.2, -0.15) is 4.98 Å². The van der Waals surface area contributed by atoms with Gasteiger partial charge in [-0.25, -0.2) is 0 Å². The summed E-state index contributed by atoms with van der Waals surface area (Å²) in [4.78, 5) is 10.0. The summed E-state index contributed by atoms with van der Waals surface area (Å²) in [5, 5.41) is 11.7. The monoisotopic (exact) mass is 370 g/mol. The molecular weight excluding hydrogens is 340 g/mol. The molecule has 1 saturated heterocycles. The molecule has 0 spiro atoms. The number of aromatic nitrogens is 2. The van der Waals surface area contributed by atoms with Crippen LogP contribution in [0, 0.1) is 0 Å². The van der Waals surface area contributed by atoms with E-state index >= 15 is 0 Å². The van der Waals surface area contributed by atoms with E-state index in [9.17, 15) is 0 Å². The zero-order valence-corrected chi connectivity index (χ0v) is 16.4. The summed E-state index contributed by atoms with van der Waals surface area (Å²) in [6.45, 7) is 6.79. The molecule has 0 aliphatic carbocycles. The predicted octanol–water partition coefficient (Wildman–Crippen LogP) is 4.52. The molecule has 1 atom stereocenters. The highest BCUT2D eigenvalue weighted by Gasteiger charge is 2.23. The molecule has 0 bridgehead atoms. The fraction of sp³-hybridized carbons (Fsp3) is 0.571. The molecule has 146 valence electrons. The summed E-state index contributed by atoms with van der Waals surface area (Å²) in [5.41, 5.74) is 2.86. The van der Waals surface area contributed by atoms with Crippen LogP contribution >= 0.6 is 0 Å². The lowest BCUT2D eigenvalue weighted by Crippen LogP contribution is -2.08. The molecule has 27 heavy (non-hydrogen) atoms. The van der Waals surface area contributed by atoms with Crippen LogP contribution in [0.1, 0.15) is 69.7 Å². The van der Waals surface area contributed by atoms with Gasteiger partial charge in [-0.1, -0.05) is 60.8 Å². The Morgan fingerprint density at radius 3 is 2.78 bits per heavy atom. The van der Waals surface area contributed by atoms with Crippen molar-refractivity contribution >= 4 is 5.71 Å². The zero-order chi connectivity index (χ0) is 18.9. The van der Waals surface area contributed by atoms with Crippen molar-refractivity contribution in [3.63, 3.8) is 0 Å². The van der Waals surface area contributed by atoms with Crippen LogP contribution in [-0.4, -0.2) is 35.5 Å². The van der Waals surface area contributed by atoms with Crippen molar-refractivity contribution in [2.75, 3.05) is 19.7 Å². The molecule has 6 heteroatoms. The first-order valence-electron chi connectivity index (χ1n) is 10.1. The average Bonchev–Trinajstić information content (AvgIpc) is 3.39. The Morgan fingerprint density at radius 1 is 1.22 bits per heavy atom. The van der Waals surface area contributed by atoms with Crippen molar-refractivity contribution in [1.29, 1.82) is 0 Å². The van der Waals surface area contributed by atoms with Gasteiger partial charge in [0.1, 0.15) is 6.61 Å². The molecule has 1 aliphatic rings. The molecule has 0 unspecified atom stereocenters. The summed E-state index contributed by atoms with van der Waals surface area (Å²) in [5.74, 6) is 1.70. The van der Waals surface area contributed by atoms with Gasteiger partial charge in [0, 0.05) is 12.1 Å². The lowest BCUT2D eigenvalue weighted by Gasteiger charge is -2.03. The van der Waals surface area contributed by atoms with E-state index in [2.05, 4.69) is 27.5 Å². The van der Waals surface area contributed by atoms with Crippen molar-refractivity contribution in [2.24, 2.45) is 5.16 Å². The Morgan fingerprint density at radius 2 is 2.04 bits per heavy atom. The third kappa shape index (κ3) is 5.63. The summed E-state index contributed by atoms with van der Waals surface area (Å²) < 4.78 is 5.44. The number of unbranched alkanes of at least 4 members (excludes halogenated alkanes) is 4. The molecule has 2 aromatic rings. The second-order valence-corrected chi connectivity index (χ2v) is 7.15. The lowest BCUT2D eigenvalue weighted by molar-refractivity contribution is 0.139. The topological polar surface area (TPSA) is 72.5 Å². The normalized spacial score (nSPS) is 17.4. The minimum Gasteiger partial charge on any atom is -0.396 e. The van der Waals surface area contributed by atoms with Gasteiger partial charge < -0.3 is 14.7 Å². The highest BCUT2D eigenvalue weighted by Crippen LogP contribution is 2.24. The molecule has 1 aromatic heterocycles. The molecule has 1 fully saturated rings. The first-order valence-corrected chi connectivity index (χ1v) is 10.1. The van der Waals surface area contributed by atoms with E-state index in [4.69, 9.17) is 9.36 Å². The number of hydrogen-bond acceptors (Lipinski definition) is 6. The van der Waals surface area contributed by atoms with Gasteiger partial charge in [-0.05, 0) is 38.3 Å². The fourth-order valence-electron chi connectivity index (χ4n) is 3.21. The predicted molar refractivity (Wildman–Crippen MR) is 107 cm³/mol. The molecule has 1 N–H and O–H groups in total. The van der Waals surface area contributed by atoms with Gasteiger partial charge in [-0.3, -0.25) is 0 Å². The Bertz CT molecular complexity index is 718. The van der Waals surface area contributed by atoms with Crippen LogP contribution in [-0.2, 0) is 4.84 Å². The average molecular weight is 370 g/mol. The van der Waals surface area contributed by atoms with Crippen LogP contribution < -0.4 is 5.32 Å². The molecule has 1 aromatic carbocycles. The van der Waals surface area contributed by atoms with Crippen molar-refractivity contribution in [3.8, 4) is 11.4 Å². The van der Waals surface area contributed by atoms with E-state index in [1.165, 1.54) is 25.7 Å². The maximum absolute atomic E-state index is 5.45. The minimum absolute atomic E-state index is 0.332. The van der Waals surface area contributed by atoms with E-state index in [0.29, 0.717) is 18.3 Å². The maximum Gasteiger partial charge on any atom is 0.231 e. The third-order valence-electron chi connectivity index (χ3n) is 4.95. The van der Waals surface area contributed by atoms with Gasteiger partial charge in [0.15, 0.2) is 0 Å².